The molecule has 2 fully saturated rings. The lowest BCUT2D eigenvalue weighted by Gasteiger charge is -2.29. The van der Waals surface area contributed by atoms with Gasteiger partial charge in [0.05, 0.1) is 12.1 Å². The van der Waals surface area contributed by atoms with Gasteiger partial charge in [-0.25, -0.2) is 4.68 Å². The van der Waals surface area contributed by atoms with E-state index in [1.54, 1.807) is 13.8 Å². The van der Waals surface area contributed by atoms with E-state index in [0.29, 0.717) is 29.0 Å². The summed E-state index contributed by atoms with van der Waals surface area (Å²) in [5.74, 6) is 0.0782. The molecule has 1 aromatic rings. The van der Waals surface area contributed by atoms with Crippen molar-refractivity contribution in [1.82, 2.24) is 14.7 Å². The summed E-state index contributed by atoms with van der Waals surface area (Å²) in [5, 5.41) is 3.88. The van der Waals surface area contributed by atoms with Crippen LogP contribution in [0.2, 0.25) is 0 Å². The van der Waals surface area contributed by atoms with Crippen molar-refractivity contribution >= 4 is 5.91 Å². The first-order chi connectivity index (χ1) is 10.5. The van der Waals surface area contributed by atoms with Gasteiger partial charge in [-0.05, 0) is 39.5 Å². The highest BCUT2D eigenvalue weighted by Gasteiger charge is 2.38. The van der Waals surface area contributed by atoms with Gasteiger partial charge in [0.15, 0.2) is 0 Å². The lowest BCUT2D eigenvalue weighted by molar-refractivity contribution is -0.133. The molecular weight excluding hydrogens is 288 g/mol. The van der Waals surface area contributed by atoms with E-state index in [-0.39, 0.29) is 12.3 Å². The molecule has 0 spiro atoms. The van der Waals surface area contributed by atoms with Gasteiger partial charge < -0.3 is 4.90 Å². The molecule has 1 heterocycles. The van der Waals surface area contributed by atoms with E-state index >= 15 is 0 Å². The third-order valence-corrected chi connectivity index (χ3v) is 4.93. The molecule has 2 saturated carbocycles. The Labute approximate surface area is 129 Å². The lowest BCUT2D eigenvalue weighted by atomic mass is 10.1. The number of halogens is 2. The Balaban J connectivity index is 1.78. The molecule has 4 nitrogen and oxygen atoms in total. The van der Waals surface area contributed by atoms with Crippen LogP contribution in [0.5, 0.6) is 0 Å². The Bertz CT molecular complexity index is 560. The first-order valence-electron chi connectivity index (χ1n) is 8.13. The number of carbonyl (C=O) groups is 1. The molecule has 0 saturated heterocycles. The van der Waals surface area contributed by atoms with Crippen LogP contribution >= 0.6 is 0 Å². The van der Waals surface area contributed by atoms with Gasteiger partial charge >= 0.3 is 6.55 Å². The molecule has 2 aliphatic carbocycles. The summed E-state index contributed by atoms with van der Waals surface area (Å²) in [6.07, 6.45) is 6.88. The van der Waals surface area contributed by atoms with Crippen molar-refractivity contribution in [3.8, 4) is 0 Å². The summed E-state index contributed by atoms with van der Waals surface area (Å²) in [6.45, 7) is 0.661. The highest BCUT2D eigenvalue weighted by molar-refractivity contribution is 5.80. The maximum Gasteiger partial charge on any atom is 0.333 e. The predicted octanol–water partition coefficient (Wildman–Crippen LogP) is 3.37. The summed E-state index contributed by atoms with van der Waals surface area (Å²) in [4.78, 5) is 14.8. The fourth-order valence-corrected chi connectivity index (χ4v) is 3.63. The van der Waals surface area contributed by atoms with Crippen LogP contribution in [0.25, 0.3) is 0 Å². The quantitative estimate of drug-likeness (QED) is 0.836. The van der Waals surface area contributed by atoms with Crippen LogP contribution in [0.1, 0.15) is 62.0 Å². The number of carbonyl (C=O) groups excluding carboxylic acids is 1. The Kier molecular flexibility index (Phi) is 4.19. The van der Waals surface area contributed by atoms with Gasteiger partial charge in [0, 0.05) is 23.3 Å². The third kappa shape index (κ3) is 2.88. The standard InChI is InChI=1S/C16H23F2N3O/c1-10-14(11(2)21(19-10)16(17)18)9-15(22)20(13-7-8-13)12-5-3-4-6-12/h12-13,16H,3-9H2,1-2H3. The second-order valence-corrected chi connectivity index (χ2v) is 6.52. The number of aryl methyl sites for hydroxylation is 1. The average molecular weight is 311 g/mol. The van der Waals surface area contributed by atoms with Crippen LogP contribution in [0.3, 0.4) is 0 Å². The number of rotatable bonds is 5. The SMILES string of the molecule is Cc1nn(C(F)F)c(C)c1CC(=O)N(C1CCCC1)C1CC1. The zero-order valence-electron chi connectivity index (χ0n) is 13.2. The van der Waals surface area contributed by atoms with Crippen LogP contribution < -0.4 is 0 Å². The average Bonchev–Trinajstić information content (AvgIpc) is 3.06. The molecule has 2 aliphatic rings. The maximum absolute atomic E-state index is 12.9. The fourth-order valence-electron chi connectivity index (χ4n) is 3.63. The minimum absolute atomic E-state index is 0.0782. The zero-order valence-corrected chi connectivity index (χ0v) is 13.2. The van der Waals surface area contributed by atoms with Gasteiger partial charge in [-0.15, -0.1) is 0 Å². The maximum atomic E-state index is 12.9. The van der Waals surface area contributed by atoms with Gasteiger partial charge in [-0.1, -0.05) is 12.8 Å². The van der Waals surface area contributed by atoms with Gasteiger partial charge in [0.1, 0.15) is 0 Å². The number of hydrogen-bond donors (Lipinski definition) is 0. The first kappa shape index (κ1) is 15.4. The fraction of sp³-hybridized carbons (Fsp3) is 0.750. The molecule has 1 aromatic heterocycles. The van der Waals surface area contributed by atoms with Crippen molar-refractivity contribution in [2.45, 2.75) is 77.4 Å². The van der Waals surface area contributed by atoms with Gasteiger partial charge in [-0.2, -0.15) is 13.9 Å². The number of hydrogen-bond acceptors (Lipinski definition) is 2. The zero-order chi connectivity index (χ0) is 15.9. The summed E-state index contributed by atoms with van der Waals surface area (Å²) in [5.41, 5.74) is 1.60. The Hall–Kier alpha value is -1.46. The molecule has 3 rings (SSSR count). The van der Waals surface area contributed by atoms with Crippen molar-refractivity contribution in [3.05, 3.63) is 17.0 Å². The van der Waals surface area contributed by atoms with Crippen LogP contribution in [0.15, 0.2) is 0 Å². The number of alkyl halides is 2. The molecule has 0 bridgehead atoms. The minimum Gasteiger partial charge on any atom is -0.336 e. The second-order valence-electron chi connectivity index (χ2n) is 6.52. The second kappa shape index (κ2) is 5.97. The predicted molar refractivity (Wildman–Crippen MR) is 78.8 cm³/mol. The van der Waals surface area contributed by atoms with Gasteiger partial charge in [0.2, 0.25) is 5.91 Å². The summed E-state index contributed by atoms with van der Waals surface area (Å²) >= 11 is 0. The van der Waals surface area contributed by atoms with E-state index in [4.69, 9.17) is 0 Å². The van der Waals surface area contributed by atoms with E-state index < -0.39 is 6.55 Å². The van der Waals surface area contributed by atoms with Crippen molar-refractivity contribution in [3.63, 3.8) is 0 Å². The van der Waals surface area contributed by atoms with Crippen molar-refractivity contribution in [1.29, 1.82) is 0 Å². The lowest BCUT2D eigenvalue weighted by Crippen LogP contribution is -2.41. The number of amides is 1. The molecule has 0 aliphatic heterocycles. The van der Waals surface area contributed by atoms with E-state index in [1.165, 1.54) is 12.8 Å². The summed E-state index contributed by atoms with van der Waals surface area (Å²) in [6, 6.07) is 0.729. The van der Waals surface area contributed by atoms with Crippen LogP contribution in [-0.2, 0) is 11.2 Å². The van der Waals surface area contributed by atoms with E-state index in [9.17, 15) is 13.6 Å². The summed E-state index contributed by atoms with van der Waals surface area (Å²) < 4.78 is 26.5. The molecule has 0 radical (unpaired) electrons. The molecule has 22 heavy (non-hydrogen) atoms. The third-order valence-electron chi connectivity index (χ3n) is 4.93. The highest BCUT2D eigenvalue weighted by atomic mass is 19.3. The number of aromatic nitrogens is 2. The minimum atomic E-state index is -2.66. The molecule has 6 heteroatoms. The molecule has 0 unspecified atom stereocenters. The Morgan fingerprint density at radius 2 is 1.82 bits per heavy atom. The topological polar surface area (TPSA) is 38.1 Å². The Morgan fingerprint density at radius 1 is 1.23 bits per heavy atom. The number of nitrogens with zero attached hydrogens (tertiary/aromatic N) is 3. The molecule has 1 amide bonds. The van der Waals surface area contributed by atoms with Gasteiger partial charge in [-0.3, -0.25) is 4.79 Å². The monoisotopic (exact) mass is 311 g/mol. The molecule has 0 atom stereocenters. The molecule has 122 valence electrons. The van der Waals surface area contributed by atoms with Crippen LogP contribution in [-0.4, -0.2) is 32.7 Å². The van der Waals surface area contributed by atoms with E-state index in [0.717, 1.165) is 30.4 Å². The highest BCUT2D eigenvalue weighted by Crippen LogP contribution is 2.35. The molecule has 0 aromatic carbocycles. The van der Waals surface area contributed by atoms with Crippen LogP contribution in [0.4, 0.5) is 8.78 Å². The smallest absolute Gasteiger partial charge is 0.333 e. The molecule has 0 N–H and O–H groups in total. The van der Waals surface area contributed by atoms with Gasteiger partial charge in [0.25, 0.3) is 0 Å². The Morgan fingerprint density at radius 3 is 2.32 bits per heavy atom. The van der Waals surface area contributed by atoms with Crippen molar-refractivity contribution in [2.24, 2.45) is 0 Å². The van der Waals surface area contributed by atoms with Crippen molar-refractivity contribution < 1.29 is 13.6 Å². The van der Waals surface area contributed by atoms with Crippen LogP contribution in [0, 0.1) is 13.8 Å². The largest absolute Gasteiger partial charge is 0.336 e. The normalized spacial score (nSPS) is 19.1. The first-order valence-corrected chi connectivity index (χ1v) is 8.13. The van der Waals surface area contributed by atoms with E-state index in [2.05, 4.69) is 5.10 Å². The van der Waals surface area contributed by atoms with E-state index in [1.807, 2.05) is 4.90 Å². The van der Waals surface area contributed by atoms with Crippen molar-refractivity contribution in [2.75, 3.05) is 0 Å². The summed E-state index contributed by atoms with van der Waals surface area (Å²) in [7, 11) is 0. The molecular formula is C16H23F2N3O.